The van der Waals surface area contributed by atoms with Crippen molar-refractivity contribution in [3.05, 3.63) is 41.7 Å². The van der Waals surface area contributed by atoms with Crippen molar-refractivity contribution in [1.29, 1.82) is 0 Å². The Morgan fingerprint density at radius 2 is 2.08 bits per heavy atom. The number of nitrogens with one attached hydrogen (secondary N) is 3. The minimum Gasteiger partial charge on any atom is -0.352 e. The number of hydrogen-bond donors (Lipinski definition) is 3. The van der Waals surface area contributed by atoms with Crippen molar-refractivity contribution in [2.24, 2.45) is 5.92 Å². The van der Waals surface area contributed by atoms with E-state index in [0.717, 1.165) is 36.1 Å². The van der Waals surface area contributed by atoms with E-state index in [1.165, 1.54) is 19.2 Å². The van der Waals surface area contributed by atoms with E-state index in [4.69, 9.17) is 0 Å². The maximum absolute atomic E-state index is 12.2. The maximum atomic E-state index is 12.2. The number of rotatable bonds is 6. The summed E-state index contributed by atoms with van der Waals surface area (Å²) in [4.78, 5) is 16.3. The summed E-state index contributed by atoms with van der Waals surface area (Å²) in [5, 5.41) is 13.8. The third-order valence-electron chi connectivity index (χ3n) is 3.93. The summed E-state index contributed by atoms with van der Waals surface area (Å²) in [5.74, 6) is 1.35. The van der Waals surface area contributed by atoms with Gasteiger partial charge < -0.3 is 10.6 Å². The molecule has 1 atom stereocenters. The number of H-pyrrole nitrogens is 1. The lowest BCUT2D eigenvalue weighted by atomic mass is 9.99. The van der Waals surface area contributed by atoms with E-state index in [0.29, 0.717) is 11.5 Å². The highest BCUT2D eigenvalue weighted by Crippen LogP contribution is 2.18. The van der Waals surface area contributed by atoms with Crippen molar-refractivity contribution < 1.29 is 4.79 Å². The molecule has 0 aliphatic carbocycles. The van der Waals surface area contributed by atoms with E-state index in [1.54, 1.807) is 11.8 Å². The Morgan fingerprint density at radius 1 is 1.28 bits per heavy atom. The van der Waals surface area contributed by atoms with Crippen LogP contribution >= 0.6 is 36.6 Å². The van der Waals surface area contributed by atoms with Crippen LogP contribution in [0.3, 0.4) is 0 Å². The molecular weight excluding hydrogens is 381 g/mol. The van der Waals surface area contributed by atoms with Crippen LogP contribution in [-0.4, -0.2) is 40.7 Å². The lowest BCUT2D eigenvalue weighted by Crippen LogP contribution is -2.38. The van der Waals surface area contributed by atoms with Gasteiger partial charge in [0.15, 0.2) is 5.16 Å². The number of aromatic nitrogens is 3. The number of benzene rings is 1. The molecule has 6 nitrogen and oxygen atoms in total. The summed E-state index contributed by atoms with van der Waals surface area (Å²) in [6, 6.07) is 7.73. The molecule has 1 amide bonds. The van der Waals surface area contributed by atoms with Crippen LogP contribution in [0.5, 0.6) is 0 Å². The molecule has 0 radical (unpaired) electrons. The van der Waals surface area contributed by atoms with Crippen molar-refractivity contribution in [2.75, 3.05) is 19.6 Å². The van der Waals surface area contributed by atoms with Gasteiger partial charge in [0, 0.05) is 17.9 Å². The van der Waals surface area contributed by atoms with E-state index < -0.39 is 0 Å². The van der Waals surface area contributed by atoms with Crippen LogP contribution in [0, 0.1) is 5.92 Å². The normalized spacial score (nSPS) is 16.4. The van der Waals surface area contributed by atoms with Gasteiger partial charge in [-0.25, -0.2) is 4.98 Å². The van der Waals surface area contributed by atoms with Crippen molar-refractivity contribution in [2.45, 2.75) is 23.8 Å². The fourth-order valence-electron chi connectivity index (χ4n) is 2.61. The Morgan fingerprint density at radius 3 is 2.72 bits per heavy atom. The molecule has 2 aromatic rings. The van der Waals surface area contributed by atoms with E-state index in [9.17, 15) is 4.79 Å². The van der Waals surface area contributed by atoms with Crippen LogP contribution in [0.15, 0.2) is 35.7 Å². The Kier molecular flexibility index (Phi) is 9.89. The number of halogens is 2. The third kappa shape index (κ3) is 6.86. The van der Waals surface area contributed by atoms with E-state index in [-0.39, 0.29) is 30.7 Å². The smallest absolute Gasteiger partial charge is 0.251 e. The van der Waals surface area contributed by atoms with Crippen molar-refractivity contribution >= 4 is 42.5 Å². The third-order valence-corrected chi connectivity index (χ3v) is 4.88. The van der Waals surface area contributed by atoms with Crippen molar-refractivity contribution in [1.82, 2.24) is 25.8 Å². The largest absolute Gasteiger partial charge is 0.352 e. The van der Waals surface area contributed by atoms with Gasteiger partial charge in [-0.2, -0.15) is 5.10 Å². The number of hydrogen-bond acceptors (Lipinski definition) is 5. The SMILES string of the molecule is Cl.Cl.O=C(NCC1CCCNC1)c1ccc(CSc2ncn[nH]2)cc1. The van der Waals surface area contributed by atoms with Crippen molar-refractivity contribution in [3.8, 4) is 0 Å². The van der Waals surface area contributed by atoms with Gasteiger partial charge in [-0.05, 0) is 49.5 Å². The molecule has 1 unspecified atom stereocenters. The molecule has 0 saturated carbocycles. The fourth-order valence-corrected chi connectivity index (χ4v) is 3.34. The van der Waals surface area contributed by atoms with Gasteiger partial charge in [-0.15, -0.1) is 24.8 Å². The fraction of sp³-hybridized carbons (Fsp3) is 0.438. The molecule has 0 bridgehead atoms. The minimum absolute atomic E-state index is 0. The first-order chi connectivity index (χ1) is 11.3. The lowest BCUT2D eigenvalue weighted by Gasteiger charge is -2.22. The molecule has 0 spiro atoms. The van der Waals surface area contributed by atoms with E-state index in [1.807, 2.05) is 24.3 Å². The van der Waals surface area contributed by atoms with Crippen LogP contribution in [-0.2, 0) is 5.75 Å². The molecule has 2 heterocycles. The van der Waals surface area contributed by atoms with Crippen LogP contribution in [0.25, 0.3) is 0 Å². The number of aromatic amines is 1. The zero-order valence-corrected chi connectivity index (χ0v) is 16.2. The number of carbonyl (C=O) groups is 1. The zero-order valence-electron chi connectivity index (χ0n) is 13.7. The summed E-state index contributed by atoms with van der Waals surface area (Å²) >= 11 is 1.59. The van der Waals surface area contributed by atoms with Gasteiger partial charge in [-0.1, -0.05) is 23.9 Å². The monoisotopic (exact) mass is 403 g/mol. The first kappa shape index (κ1) is 21.8. The first-order valence-corrected chi connectivity index (χ1v) is 8.86. The van der Waals surface area contributed by atoms with Crippen LogP contribution in [0.1, 0.15) is 28.8 Å². The highest BCUT2D eigenvalue weighted by atomic mass is 35.5. The van der Waals surface area contributed by atoms with Gasteiger partial charge in [0.1, 0.15) is 6.33 Å². The average molecular weight is 404 g/mol. The van der Waals surface area contributed by atoms with Gasteiger partial charge in [-0.3, -0.25) is 9.89 Å². The highest BCUT2D eigenvalue weighted by molar-refractivity contribution is 7.98. The quantitative estimate of drug-likeness (QED) is 0.645. The molecule has 3 N–H and O–H groups in total. The molecule has 3 rings (SSSR count). The van der Waals surface area contributed by atoms with Crippen LogP contribution in [0.4, 0.5) is 0 Å². The van der Waals surface area contributed by atoms with Crippen LogP contribution < -0.4 is 10.6 Å². The summed E-state index contributed by atoms with van der Waals surface area (Å²) in [6.45, 7) is 2.84. The lowest BCUT2D eigenvalue weighted by molar-refractivity contribution is 0.0945. The van der Waals surface area contributed by atoms with Gasteiger partial charge in [0.2, 0.25) is 0 Å². The molecule has 138 valence electrons. The molecule has 1 aromatic heterocycles. The predicted octanol–water partition coefficient (Wildman–Crippen LogP) is 2.67. The molecule has 1 aliphatic rings. The number of piperidine rings is 1. The molecule has 1 fully saturated rings. The standard InChI is InChI=1S/C16H21N5OS.2ClH/c22-15(18-9-13-2-1-7-17-8-13)14-5-3-12(4-6-14)10-23-16-19-11-20-21-16;;/h3-6,11,13,17H,1-2,7-10H2,(H,18,22)(H,19,20,21);2*1H. The van der Waals surface area contributed by atoms with E-state index in [2.05, 4.69) is 25.8 Å². The molecule has 1 aromatic carbocycles. The number of carbonyl (C=O) groups excluding carboxylic acids is 1. The second-order valence-corrected chi connectivity index (χ2v) is 6.66. The number of nitrogens with zero attached hydrogens (tertiary/aromatic N) is 2. The second-order valence-electron chi connectivity index (χ2n) is 5.70. The number of thioether (sulfide) groups is 1. The topological polar surface area (TPSA) is 82.7 Å². The maximum Gasteiger partial charge on any atom is 0.251 e. The van der Waals surface area contributed by atoms with Crippen LogP contribution in [0.2, 0.25) is 0 Å². The summed E-state index contributed by atoms with van der Waals surface area (Å²) < 4.78 is 0. The minimum atomic E-state index is 0. The predicted molar refractivity (Wildman–Crippen MR) is 105 cm³/mol. The first-order valence-electron chi connectivity index (χ1n) is 7.87. The summed E-state index contributed by atoms with van der Waals surface area (Å²) in [5.41, 5.74) is 1.86. The summed E-state index contributed by atoms with van der Waals surface area (Å²) in [6.07, 6.45) is 3.88. The molecule has 9 heteroatoms. The van der Waals surface area contributed by atoms with Gasteiger partial charge >= 0.3 is 0 Å². The highest BCUT2D eigenvalue weighted by Gasteiger charge is 2.14. The Balaban J connectivity index is 0.00000156. The molecule has 1 aliphatic heterocycles. The zero-order chi connectivity index (χ0) is 15.9. The molecular formula is C16H23Cl2N5OS. The average Bonchev–Trinajstić information content (AvgIpc) is 3.13. The Hall–Kier alpha value is -1.28. The second kappa shape index (κ2) is 11.4. The Labute approximate surface area is 164 Å². The Bertz CT molecular complexity index is 618. The number of amides is 1. The van der Waals surface area contributed by atoms with Gasteiger partial charge in [0.25, 0.3) is 5.91 Å². The molecule has 1 saturated heterocycles. The van der Waals surface area contributed by atoms with Crippen molar-refractivity contribution in [3.63, 3.8) is 0 Å². The molecule has 25 heavy (non-hydrogen) atoms. The summed E-state index contributed by atoms with van der Waals surface area (Å²) in [7, 11) is 0. The van der Waals surface area contributed by atoms with Gasteiger partial charge in [0.05, 0.1) is 0 Å². The van der Waals surface area contributed by atoms with E-state index >= 15 is 0 Å².